The zero-order chi connectivity index (χ0) is 8.48. The molecule has 0 N–H and O–H groups in total. The van der Waals surface area contributed by atoms with Crippen LogP contribution < -0.4 is 0 Å². The van der Waals surface area contributed by atoms with Crippen molar-refractivity contribution < 1.29 is 13.2 Å². The lowest BCUT2D eigenvalue weighted by molar-refractivity contribution is 0.398. The molecule has 3 nitrogen and oxygen atoms in total. The molecule has 0 spiro atoms. The molecule has 1 saturated heterocycles. The molecular formula is C5H8Cl2O3S. The molecule has 0 amide bonds. The van der Waals surface area contributed by atoms with Crippen molar-refractivity contribution in [2.45, 2.75) is 17.9 Å². The zero-order valence-electron chi connectivity index (χ0n) is 5.66. The minimum Gasteiger partial charge on any atom is -0.372 e. The van der Waals surface area contributed by atoms with Gasteiger partial charge in [-0.2, -0.15) is 0 Å². The molecule has 11 heavy (non-hydrogen) atoms. The average molecular weight is 219 g/mol. The van der Waals surface area contributed by atoms with Crippen LogP contribution in [0.2, 0.25) is 0 Å². The molecule has 0 radical (unpaired) electrons. The van der Waals surface area contributed by atoms with Crippen molar-refractivity contribution in [3.63, 3.8) is 0 Å². The maximum atomic E-state index is 10.4. The summed E-state index contributed by atoms with van der Waals surface area (Å²) in [6, 6.07) is 0. The molecule has 2 atom stereocenters. The second-order valence-electron chi connectivity index (χ2n) is 2.42. The number of rotatable bonds is 4. The second-order valence-corrected chi connectivity index (χ2v) is 5.88. The smallest absolute Gasteiger partial charge is 0.232 e. The Hall–Kier alpha value is 0.490. The molecule has 0 aliphatic carbocycles. The van der Waals surface area contributed by atoms with E-state index >= 15 is 0 Å². The van der Waals surface area contributed by atoms with Crippen molar-refractivity contribution >= 4 is 31.3 Å². The summed E-state index contributed by atoms with van der Waals surface area (Å²) in [5.41, 5.74) is 0. The van der Waals surface area contributed by atoms with E-state index in [1.165, 1.54) is 0 Å². The van der Waals surface area contributed by atoms with Gasteiger partial charge in [0.2, 0.25) is 9.05 Å². The van der Waals surface area contributed by atoms with Gasteiger partial charge in [-0.15, -0.1) is 11.6 Å². The molecule has 0 bridgehead atoms. The van der Waals surface area contributed by atoms with Gasteiger partial charge in [0.25, 0.3) is 0 Å². The number of alkyl halides is 1. The highest BCUT2D eigenvalue weighted by atomic mass is 35.7. The molecule has 6 heteroatoms. The van der Waals surface area contributed by atoms with Gasteiger partial charge < -0.3 is 4.74 Å². The highest BCUT2D eigenvalue weighted by Crippen LogP contribution is 2.22. The summed E-state index contributed by atoms with van der Waals surface area (Å²) in [7, 11) is 1.58. The predicted molar refractivity (Wildman–Crippen MR) is 43.6 cm³/mol. The van der Waals surface area contributed by atoms with E-state index in [9.17, 15) is 8.42 Å². The first-order valence-corrected chi connectivity index (χ1v) is 6.08. The Bertz CT molecular complexity index is 222. The topological polar surface area (TPSA) is 46.7 Å². The third kappa shape index (κ3) is 4.15. The molecule has 0 aromatic heterocycles. The minimum atomic E-state index is -3.39. The molecule has 66 valence electrons. The SMILES string of the molecule is O=S(=O)(Cl)CCC(Cl)C1CO1. The lowest BCUT2D eigenvalue weighted by Gasteiger charge is -2.01. The van der Waals surface area contributed by atoms with E-state index < -0.39 is 9.05 Å². The molecule has 0 aromatic rings. The van der Waals surface area contributed by atoms with Crippen LogP contribution in [0.4, 0.5) is 0 Å². The Morgan fingerprint density at radius 1 is 1.64 bits per heavy atom. The van der Waals surface area contributed by atoms with Gasteiger partial charge in [0, 0.05) is 10.7 Å². The van der Waals surface area contributed by atoms with Crippen molar-refractivity contribution in [3.05, 3.63) is 0 Å². The molecule has 1 fully saturated rings. The van der Waals surface area contributed by atoms with E-state index in [0.717, 1.165) is 0 Å². The molecule has 0 aromatic carbocycles. The molecule has 1 aliphatic heterocycles. The van der Waals surface area contributed by atoms with Crippen molar-refractivity contribution in [1.29, 1.82) is 0 Å². The van der Waals surface area contributed by atoms with Crippen LogP contribution in [0.3, 0.4) is 0 Å². The monoisotopic (exact) mass is 218 g/mol. The molecule has 1 heterocycles. The first-order valence-electron chi connectivity index (χ1n) is 3.17. The van der Waals surface area contributed by atoms with Gasteiger partial charge in [0.05, 0.1) is 23.8 Å². The van der Waals surface area contributed by atoms with Crippen LogP contribution in [0.25, 0.3) is 0 Å². The van der Waals surface area contributed by atoms with Crippen molar-refractivity contribution in [2.75, 3.05) is 12.4 Å². The third-order valence-electron chi connectivity index (χ3n) is 1.40. The van der Waals surface area contributed by atoms with Crippen LogP contribution in [-0.4, -0.2) is 32.3 Å². The van der Waals surface area contributed by atoms with Crippen LogP contribution in [0, 0.1) is 0 Å². The fraction of sp³-hybridized carbons (Fsp3) is 1.00. The van der Waals surface area contributed by atoms with Crippen LogP contribution in [0.15, 0.2) is 0 Å². The fourth-order valence-electron chi connectivity index (χ4n) is 0.704. The van der Waals surface area contributed by atoms with E-state index in [0.29, 0.717) is 13.0 Å². The van der Waals surface area contributed by atoms with Crippen LogP contribution in [-0.2, 0) is 13.8 Å². The van der Waals surface area contributed by atoms with Gasteiger partial charge in [-0.1, -0.05) is 0 Å². The highest BCUT2D eigenvalue weighted by molar-refractivity contribution is 8.13. The molecular weight excluding hydrogens is 211 g/mol. The summed E-state index contributed by atoms with van der Waals surface area (Å²) in [5, 5.41) is -0.219. The summed E-state index contributed by atoms with van der Waals surface area (Å²) >= 11 is 5.74. The summed E-state index contributed by atoms with van der Waals surface area (Å²) in [6.07, 6.45) is 0.396. The number of halogens is 2. The largest absolute Gasteiger partial charge is 0.372 e. The first kappa shape index (κ1) is 9.58. The van der Waals surface area contributed by atoms with E-state index in [1.54, 1.807) is 0 Å². The Morgan fingerprint density at radius 3 is 2.55 bits per heavy atom. The van der Waals surface area contributed by atoms with E-state index in [-0.39, 0.29) is 17.2 Å². The average Bonchev–Trinajstić information content (AvgIpc) is 2.61. The maximum Gasteiger partial charge on any atom is 0.232 e. The summed E-state index contributed by atoms with van der Waals surface area (Å²) < 4.78 is 25.8. The van der Waals surface area contributed by atoms with Gasteiger partial charge in [-0.25, -0.2) is 8.42 Å². The third-order valence-corrected chi connectivity index (χ3v) is 3.09. The fourth-order valence-corrected chi connectivity index (χ4v) is 1.89. The molecule has 1 rings (SSSR count). The van der Waals surface area contributed by atoms with Crippen molar-refractivity contribution in [2.24, 2.45) is 0 Å². The summed E-state index contributed by atoms with van der Waals surface area (Å²) in [6.45, 7) is 0.635. The van der Waals surface area contributed by atoms with Crippen LogP contribution in [0.5, 0.6) is 0 Å². The number of hydrogen-bond donors (Lipinski definition) is 0. The highest BCUT2D eigenvalue weighted by Gasteiger charge is 2.31. The zero-order valence-corrected chi connectivity index (χ0v) is 7.99. The van der Waals surface area contributed by atoms with E-state index in [2.05, 4.69) is 0 Å². The maximum absolute atomic E-state index is 10.4. The van der Waals surface area contributed by atoms with Gasteiger partial charge in [-0.05, 0) is 6.42 Å². The molecule has 1 aliphatic rings. The van der Waals surface area contributed by atoms with Gasteiger partial charge in [0.15, 0.2) is 0 Å². The van der Waals surface area contributed by atoms with E-state index in [4.69, 9.17) is 27.0 Å². The Morgan fingerprint density at radius 2 is 2.18 bits per heavy atom. The normalized spacial score (nSPS) is 26.5. The summed E-state index contributed by atoms with van der Waals surface area (Å²) in [4.78, 5) is 0. The van der Waals surface area contributed by atoms with Crippen LogP contribution in [0.1, 0.15) is 6.42 Å². The van der Waals surface area contributed by atoms with Crippen LogP contribution >= 0.6 is 22.3 Å². The second kappa shape index (κ2) is 3.47. The Kier molecular flexibility index (Phi) is 3.02. The number of ether oxygens (including phenoxy) is 1. The number of hydrogen-bond acceptors (Lipinski definition) is 3. The van der Waals surface area contributed by atoms with Gasteiger partial charge in [-0.3, -0.25) is 0 Å². The quantitative estimate of drug-likeness (QED) is 0.401. The van der Waals surface area contributed by atoms with Gasteiger partial charge in [0.1, 0.15) is 0 Å². The molecule has 0 saturated carbocycles. The first-order chi connectivity index (χ1) is 4.99. The lowest BCUT2D eigenvalue weighted by atomic mass is 10.3. The van der Waals surface area contributed by atoms with Gasteiger partial charge >= 0.3 is 0 Å². The number of epoxide rings is 1. The minimum absolute atomic E-state index is 0.0371. The standard InChI is InChI=1S/C5H8Cl2O3S/c6-4(5-3-10-5)1-2-11(7,8)9/h4-5H,1-3H2. The van der Waals surface area contributed by atoms with Crippen molar-refractivity contribution in [3.8, 4) is 0 Å². The lowest BCUT2D eigenvalue weighted by Crippen LogP contribution is -2.12. The summed E-state index contributed by atoms with van der Waals surface area (Å²) in [5.74, 6) is -0.0808. The van der Waals surface area contributed by atoms with Crippen molar-refractivity contribution in [1.82, 2.24) is 0 Å². The Labute approximate surface area is 75.0 Å². The Balaban J connectivity index is 2.21. The van der Waals surface area contributed by atoms with E-state index in [1.807, 2.05) is 0 Å². The predicted octanol–water partition coefficient (Wildman–Crippen LogP) is 0.951. The molecule has 2 unspecified atom stereocenters.